The first-order valence-electron chi connectivity index (χ1n) is 7.72. The van der Waals surface area contributed by atoms with Gasteiger partial charge in [-0.25, -0.2) is 4.68 Å². The molecular formula is C17H22ClN3O. The van der Waals surface area contributed by atoms with Gasteiger partial charge in [0.2, 0.25) is 0 Å². The molecule has 0 bridgehead atoms. The van der Waals surface area contributed by atoms with Gasteiger partial charge in [-0.15, -0.1) is 0 Å². The summed E-state index contributed by atoms with van der Waals surface area (Å²) in [4.78, 5) is 2.39. The zero-order valence-electron chi connectivity index (χ0n) is 13.3. The molecule has 3 rings (SSSR count). The SMILES string of the molecule is Cc1nn(-c2ccccc2)c(Cl)c1CN1C[C@H](C)O[C@@H](C)C1. The van der Waals surface area contributed by atoms with Crippen LogP contribution in [0.15, 0.2) is 30.3 Å². The van der Waals surface area contributed by atoms with E-state index in [1.807, 2.05) is 41.9 Å². The molecule has 0 amide bonds. The van der Waals surface area contributed by atoms with Crippen LogP contribution in [0.2, 0.25) is 5.15 Å². The summed E-state index contributed by atoms with van der Waals surface area (Å²) < 4.78 is 7.61. The van der Waals surface area contributed by atoms with Crippen LogP contribution in [0, 0.1) is 6.92 Å². The predicted molar refractivity (Wildman–Crippen MR) is 88.6 cm³/mol. The molecule has 118 valence electrons. The van der Waals surface area contributed by atoms with E-state index in [-0.39, 0.29) is 12.2 Å². The van der Waals surface area contributed by atoms with Crippen molar-refractivity contribution in [2.24, 2.45) is 0 Å². The number of nitrogens with zero attached hydrogens (tertiary/aromatic N) is 3. The Morgan fingerprint density at radius 2 is 1.82 bits per heavy atom. The molecule has 0 aliphatic carbocycles. The van der Waals surface area contributed by atoms with Gasteiger partial charge in [0.05, 0.1) is 23.6 Å². The highest BCUT2D eigenvalue weighted by Gasteiger charge is 2.24. The third-order valence-electron chi connectivity index (χ3n) is 4.00. The standard InChI is InChI=1S/C17H22ClN3O/c1-12-9-20(10-13(2)22-12)11-16-14(3)19-21(17(16)18)15-7-5-4-6-8-15/h4-8,12-13H,9-11H2,1-3H3/t12-,13-/m0/s1. The molecular weight excluding hydrogens is 298 g/mol. The van der Waals surface area contributed by atoms with Crippen molar-refractivity contribution >= 4 is 11.6 Å². The molecule has 0 unspecified atom stereocenters. The van der Waals surface area contributed by atoms with Gasteiger partial charge in [-0.2, -0.15) is 5.10 Å². The average molecular weight is 320 g/mol. The van der Waals surface area contributed by atoms with Gasteiger partial charge in [0.15, 0.2) is 0 Å². The van der Waals surface area contributed by atoms with Crippen LogP contribution in [0.25, 0.3) is 5.69 Å². The highest BCUT2D eigenvalue weighted by atomic mass is 35.5. The highest BCUT2D eigenvalue weighted by Crippen LogP contribution is 2.26. The average Bonchev–Trinajstić information content (AvgIpc) is 2.75. The van der Waals surface area contributed by atoms with E-state index >= 15 is 0 Å². The summed E-state index contributed by atoms with van der Waals surface area (Å²) in [5.41, 5.74) is 3.08. The first-order chi connectivity index (χ1) is 10.5. The number of aromatic nitrogens is 2. The van der Waals surface area contributed by atoms with Gasteiger partial charge in [-0.05, 0) is 32.9 Å². The number of benzene rings is 1. The van der Waals surface area contributed by atoms with Gasteiger partial charge in [0.1, 0.15) is 5.15 Å². The molecule has 2 aromatic rings. The predicted octanol–water partition coefficient (Wildman–Crippen LogP) is 3.44. The van der Waals surface area contributed by atoms with Crippen molar-refractivity contribution in [3.05, 3.63) is 46.7 Å². The number of para-hydroxylation sites is 1. The fraction of sp³-hybridized carbons (Fsp3) is 0.471. The molecule has 0 N–H and O–H groups in total. The number of hydrogen-bond acceptors (Lipinski definition) is 3. The minimum absolute atomic E-state index is 0.256. The van der Waals surface area contributed by atoms with E-state index < -0.39 is 0 Å². The fourth-order valence-corrected chi connectivity index (χ4v) is 3.42. The Kier molecular flexibility index (Phi) is 4.52. The second kappa shape index (κ2) is 6.41. The lowest BCUT2D eigenvalue weighted by molar-refractivity contribution is -0.0705. The zero-order valence-corrected chi connectivity index (χ0v) is 14.0. The van der Waals surface area contributed by atoms with Crippen LogP contribution in [-0.2, 0) is 11.3 Å². The molecule has 4 nitrogen and oxygen atoms in total. The smallest absolute Gasteiger partial charge is 0.137 e. The molecule has 1 saturated heterocycles. The van der Waals surface area contributed by atoms with Crippen LogP contribution >= 0.6 is 11.6 Å². The summed E-state index contributed by atoms with van der Waals surface area (Å²) in [6.45, 7) is 8.92. The molecule has 1 aliphatic heterocycles. The summed E-state index contributed by atoms with van der Waals surface area (Å²) in [6, 6.07) is 10.0. The monoisotopic (exact) mass is 319 g/mol. The molecule has 2 heterocycles. The van der Waals surface area contributed by atoms with E-state index in [1.54, 1.807) is 0 Å². The van der Waals surface area contributed by atoms with Crippen LogP contribution in [0.3, 0.4) is 0 Å². The molecule has 1 aromatic heterocycles. The first-order valence-corrected chi connectivity index (χ1v) is 8.09. The van der Waals surface area contributed by atoms with Crippen molar-refractivity contribution in [2.45, 2.75) is 39.5 Å². The molecule has 1 aliphatic rings. The van der Waals surface area contributed by atoms with E-state index in [4.69, 9.17) is 16.3 Å². The Balaban J connectivity index is 1.84. The van der Waals surface area contributed by atoms with Crippen LogP contribution < -0.4 is 0 Å². The second-order valence-electron chi connectivity index (χ2n) is 6.05. The summed E-state index contributed by atoms with van der Waals surface area (Å²) in [5.74, 6) is 0. The molecule has 1 aromatic carbocycles. The van der Waals surface area contributed by atoms with E-state index in [0.29, 0.717) is 5.15 Å². The lowest BCUT2D eigenvalue weighted by Gasteiger charge is -2.35. The van der Waals surface area contributed by atoms with Crippen molar-refractivity contribution < 1.29 is 4.74 Å². The van der Waals surface area contributed by atoms with Gasteiger partial charge in [-0.1, -0.05) is 29.8 Å². The topological polar surface area (TPSA) is 30.3 Å². The zero-order chi connectivity index (χ0) is 15.7. The van der Waals surface area contributed by atoms with Gasteiger partial charge in [-0.3, -0.25) is 4.90 Å². The molecule has 0 spiro atoms. The van der Waals surface area contributed by atoms with Crippen molar-refractivity contribution in [1.82, 2.24) is 14.7 Å². The van der Waals surface area contributed by atoms with Crippen LogP contribution in [-0.4, -0.2) is 40.0 Å². The Morgan fingerprint density at radius 3 is 2.45 bits per heavy atom. The maximum absolute atomic E-state index is 6.60. The summed E-state index contributed by atoms with van der Waals surface area (Å²) in [5, 5.41) is 5.31. The number of rotatable bonds is 3. The van der Waals surface area contributed by atoms with E-state index in [0.717, 1.165) is 36.6 Å². The summed E-state index contributed by atoms with van der Waals surface area (Å²) in [6.07, 6.45) is 0.513. The highest BCUT2D eigenvalue weighted by molar-refractivity contribution is 6.30. The normalized spacial score (nSPS) is 22.9. The molecule has 22 heavy (non-hydrogen) atoms. The van der Waals surface area contributed by atoms with Gasteiger partial charge >= 0.3 is 0 Å². The summed E-state index contributed by atoms with van der Waals surface area (Å²) >= 11 is 6.60. The Bertz CT molecular complexity index is 631. The van der Waals surface area contributed by atoms with Crippen LogP contribution in [0.4, 0.5) is 0 Å². The fourth-order valence-electron chi connectivity index (χ4n) is 3.09. The quantitative estimate of drug-likeness (QED) is 0.868. The van der Waals surface area contributed by atoms with E-state index in [1.165, 1.54) is 0 Å². The van der Waals surface area contributed by atoms with E-state index in [9.17, 15) is 0 Å². The van der Waals surface area contributed by atoms with Crippen molar-refractivity contribution in [1.29, 1.82) is 0 Å². The van der Waals surface area contributed by atoms with Crippen LogP contribution in [0.1, 0.15) is 25.1 Å². The van der Waals surface area contributed by atoms with Gasteiger partial charge in [0.25, 0.3) is 0 Å². The minimum atomic E-state index is 0.256. The molecule has 0 saturated carbocycles. The first kappa shape index (κ1) is 15.5. The maximum atomic E-state index is 6.60. The molecule has 2 atom stereocenters. The van der Waals surface area contributed by atoms with Crippen molar-refractivity contribution in [3.8, 4) is 5.69 Å². The number of aryl methyl sites for hydroxylation is 1. The molecule has 0 radical (unpaired) electrons. The lowest BCUT2D eigenvalue weighted by Crippen LogP contribution is -2.44. The minimum Gasteiger partial charge on any atom is -0.373 e. The number of halogens is 1. The van der Waals surface area contributed by atoms with Crippen molar-refractivity contribution in [2.75, 3.05) is 13.1 Å². The number of morpholine rings is 1. The third kappa shape index (κ3) is 3.19. The number of ether oxygens (including phenoxy) is 1. The van der Waals surface area contributed by atoms with Gasteiger partial charge in [0, 0.05) is 25.2 Å². The summed E-state index contributed by atoms with van der Waals surface area (Å²) in [7, 11) is 0. The molecule has 1 fully saturated rings. The van der Waals surface area contributed by atoms with Crippen LogP contribution in [0.5, 0.6) is 0 Å². The van der Waals surface area contributed by atoms with Gasteiger partial charge < -0.3 is 4.74 Å². The Morgan fingerprint density at radius 1 is 1.18 bits per heavy atom. The second-order valence-corrected chi connectivity index (χ2v) is 6.41. The maximum Gasteiger partial charge on any atom is 0.137 e. The third-order valence-corrected chi connectivity index (χ3v) is 4.39. The Hall–Kier alpha value is -1.36. The Labute approximate surface area is 136 Å². The lowest BCUT2D eigenvalue weighted by atomic mass is 10.2. The number of hydrogen-bond donors (Lipinski definition) is 0. The van der Waals surface area contributed by atoms with E-state index in [2.05, 4.69) is 23.8 Å². The molecule has 5 heteroatoms. The largest absolute Gasteiger partial charge is 0.373 e. The van der Waals surface area contributed by atoms with Crippen molar-refractivity contribution in [3.63, 3.8) is 0 Å².